The second-order valence-corrected chi connectivity index (χ2v) is 8.86. The van der Waals surface area contributed by atoms with Crippen LogP contribution in [0.4, 0.5) is 8.78 Å². The number of aliphatic hydroxyl groups excluding tert-OH is 3. The summed E-state index contributed by atoms with van der Waals surface area (Å²) in [6, 6.07) is 0. The van der Waals surface area contributed by atoms with Crippen molar-refractivity contribution in [2.24, 2.45) is 23.2 Å². The van der Waals surface area contributed by atoms with Crippen molar-refractivity contribution in [3.8, 4) is 0 Å². The SMILES string of the molecule is C[C@]12C[C@H](O)[C@]3(F)C4C=CC(=O)C=C4[C@@H](F)CC3[C@@H]1C[C@@H](O)[C@]2(O)C(=O)CO. The van der Waals surface area contributed by atoms with Crippen molar-refractivity contribution in [1.29, 1.82) is 0 Å². The van der Waals surface area contributed by atoms with Gasteiger partial charge in [0.1, 0.15) is 18.4 Å². The highest BCUT2D eigenvalue weighted by Gasteiger charge is 2.75. The van der Waals surface area contributed by atoms with Crippen LogP contribution in [0.5, 0.6) is 0 Å². The van der Waals surface area contributed by atoms with Crippen LogP contribution in [0.25, 0.3) is 0 Å². The van der Waals surface area contributed by atoms with E-state index in [9.17, 15) is 34.4 Å². The Morgan fingerprint density at radius 2 is 1.93 bits per heavy atom. The molecule has 0 aromatic carbocycles. The molecule has 0 radical (unpaired) electrons. The van der Waals surface area contributed by atoms with E-state index in [2.05, 4.69) is 0 Å². The van der Waals surface area contributed by atoms with Crippen LogP contribution in [-0.4, -0.2) is 68.2 Å². The first-order valence-corrected chi connectivity index (χ1v) is 9.51. The summed E-state index contributed by atoms with van der Waals surface area (Å²) in [6.07, 6.45) is -2.14. The molecule has 4 aliphatic rings. The number of hydrogen-bond donors (Lipinski definition) is 4. The van der Waals surface area contributed by atoms with Gasteiger partial charge in [0.15, 0.2) is 17.2 Å². The lowest BCUT2D eigenvalue weighted by Crippen LogP contribution is -2.68. The number of halogens is 2. The van der Waals surface area contributed by atoms with Crippen molar-refractivity contribution in [2.75, 3.05) is 6.61 Å². The zero-order valence-corrected chi connectivity index (χ0v) is 15.4. The number of rotatable bonds is 2. The smallest absolute Gasteiger partial charge is 0.192 e. The van der Waals surface area contributed by atoms with Gasteiger partial charge in [-0.1, -0.05) is 13.0 Å². The molecule has 8 heteroatoms. The number of Topliss-reactive ketones (excluding diaryl/α,β-unsaturated/α-hetero) is 1. The molecule has 0 amide bonds. The minimum Gasteiger partial charge on any atom is -0.390 e. The van der Waals surface area contributed by atoms with Crippen molar-refractivity contribution in [1.82, 2.24) is 0 Å². The maximum absolute atomic E-state index is 16.4. The van der Waals surface area contributed by atoms with Crippen molar-refractivity contribution < 1.29 is 38.8 Å². The fraction of sp³-hybridized carbons (Fsp3) is 0.700. The average Bonchev–Trinajstić information content (AvgIpc) is 2.85. The standard InChI is InChI=1S/C20H24F2O6/c1-18-7-16(26)19(22)11-3-2-9(24)4-10(11)14(21)5-13(19)12(18)6-15(25)20(18,28)17(27)8-23/h2-4,11-16,23,25-26,28H,5-8H2,1H3/t11?,12-,13?,14-,15+,16-,18-,19-,20-/m0/s1. The Morgan fingerprint density at radius 3 is 2.57 bits per heavy atom. The average molecular weight is 398 g/mol. The second-order valence-electron chi connectivity index (χ2n) is 8.86. The van der Waals surface area contributed by atoms with E-state index in [1.165, 1.54) is 13.0 Å². The molecule has 9 atom stereocenters. The molecule has 2 unspecified atom stereocenters. The molecule has 3 fully saturated rings. The first-order chi connectivity index (χ1) is 13.0. The molecule has 6 nitrogen and oxygen atoms in total. The van der Waals surface area contributed by atoms with Gasteiger partial charge in [0.25, 0.3) is 0 Å². The predicted molar refractivity (Wildman–Crippen MR) is 92.4 cm³/mol. The number of carbonyl (C=O) groups excluding carboxylic acids is 2. The van der Waals surface area contributed by atoms with Crippen molar-refractivity contribution in [3.05, 3.63) is 23.8 Å². The lowest BCUT2D eigenvalue weighted by molar-refractivity contribution is -0.213. The topological polar surface area (TPSA) is 115 Å². The third kappa shape index (κ3) is 2.15. The first-order valence-electron chi connectivity index (χ1n) is 9.51. The third-order valence-electron chi connectivity index (χ3n) is 7.82. The lowest BCUT2D eigenvalue weighted by atomic mass is 9.48. The number of alkyl halides is 2. The summed E-state index contributed by atoms with van der Waals surface area (Å²) in [5.41, 5.74) is -6.08. The van der Waals surface area contributed by atoms with Gasteiger partial charge in [-0.3, -0.25) is 9.59 Å². The van der Waals surface area contributed by atoms with Crippen LogP contribution in [0.2, 0.25) is 0 Å². The zero-order chi connectivity index (χ0) is 20.6. The summed E-state index contributed by atoms with van der Waals surface area (Å²) in [5, 5.41) is 41.7. The molecule has 0 saturated heterocycles. The Labute approximate surface area is 160 Å². The number of carbonyl (C=O) groups is 2. The fourth-order valence-electron chi connectivity index (χ4n) is 6.42. The van der Waals surface area contributed by atoms with Crippen LogP contribution in [0.1, 0.15) is 26.2 Å². The van der Waals surface area contributed by atoms with E-state index in [1.807, 2.05) is 0 Å². The van der Waals surface area contributed by atoms with E-state index < -0.39 is 71.0 Å². The minimum atomic E-state index is -2.35. The van der Waals surface area contributed by atoms with E-state index in [0.29, 0.717) is 0 Å². The summed E-state index contributed by atoms with van der Waals surface area (Å²) >= 11 is 0. The van der Waals surface area contributed by atoms with Gasteiger partial charge >= 0.3 is 0 Å². The van der Waals surface area contributed by atoms with Crippen LogP contribution in [-0.2, 0) is 9.59 Å². The van der Waals surface area contributed by atoms with Crippen LogP contribution >= 0.6 is 0 Å². The maximum atomic E-state index is 16.4. The minimum absolute atomic E-state index is 0.00542. The monoisotopic (exact) mass is 398 g/mol. The van der Waals surface area contributed by atoms with Crippen LogP contribution < -0.4 is 0 Å². The number of allylic oxidation sites excluding steroid dienone is 4. The van der Waals surface area contributed by atoms with E-state index in [1.54, 1.807) is 0 Å². The molecule has 4 aliphatic carbocycles. The largest absolute Gasteiger partial charge is 0.390 e. The summed E-state index contributed by atoms with van der Waals surface area (Å²) in [4.78, 5) is 24.0. The predicted octanol–water partition coefficient (Wildman–Crippen LogP) is 0.178. The molecule has 0 aliphatic heterocycles. The van der Waals surface area contributed by atoms with Gasteiger partial charge < -0.3 is 20.4 Å². The van der Waals surface area contributed by atoms with E-state index in [0.717, 1.165) is 12.2 Å². The second kappa shape index (κ2) is 6.01. The Balaban J connectivity index is 1.82. The zero-order valence-electron chi connectivity index (χ0n) is 15.4. The Kier molecular flexibility index (Phi) is 4.26. The summed E-state index contributed by atoms with van der Waals surface area (Å²) < 4.78 is 31.3. The number of fused-ring (bicyclic) bond motifs is 5. The molecule has 0 aromatic rings. The Hall–Kier alpha value is -1.48. The third-order valence-corrected chi connectivity index (χ3v) is 7.82. The van der Waals surface area contributed by atoms with Crippen LogP contribution in [0.3, 0.4) is 0 Å². The highest BCUT2D eigenvalue weighted by Crippen LogP contribution is 2.67. The van der Waals surface area contributed by atoms with Crippen molar-refractivity contribution in [2.45, 2.75) is 55.8 Å². The molecule has 3 saturated carbocycles. The summed E-state index contributed by atoms with van der Waals surface area (Å²) in [7, 11) is 0. The van der Waals surface area contributed by atoms with Gasteiger partial charge in [0, 0.05) is 17.3 Å². The van der Waals surface area contributed by atoms with E-state index in [-0.39, 0.29) is 24.8 Å². The normalized spacial score (nSPS) is 52.5. The molecule has 154 valence electrons. The Bertz CT molecular complexity index is 796. The van der Waals surface area contributed by atoms with Gasteiger partial charge in [0.2, 0.25) is 0 Å². The van der Waals surface area contributed by atoms with Gasteiger partial charge in [-0.05, 0) is 42.9 Å². The van der Waals surface area contributed by atoms with Crippen LogP contribution in [0, 0.1) is 23.2 Å². The number of aliphatic hydroxyl groups is 4. The quantitative estimate of drug-likeness (QED) is 0.528. The highest BCUT2D eigenvalue weighted by atomic mass is 19.1. The highest BCUT2D eigenvalue weighted by molar-refractivity contribution is 6.01. The van der Waals surface area contributed by atoms with Gasteiger partial charge in [-0.25, -0.2) is 8.78 Å². The first kappa shape index (κ1) is 19.8. The van der Waals surface area contributed by atoms with Gasteiger partial charge in [-0.2, -0.15) is 0 Å². The molecule has 28 heavy (non-hydrogen) atoms. The molecule has 0 spiro atoms. The van der Waals surface area contributed by atoms with Crippen molar-refractivity contribution in [3.63, 3.8) is 0 Å². The number of ketones is 2. The molecule has 0 bridgehead atoms. The number of hydrogen-bond acceptors (Lipinski definition) is 6. The summed E-state index contributed by atoms with van der Waals surface area (Å²) in [6.45, 7) is 0.465. The Morgan fingerprint density at radius 1 is 1.25 bits per heavy atom. The molecular weight excluding hydrogens is 374 g/mol. The summed E-state index contributed by atoms with van der Waals surface area (Å²) in [5.74, 6) is -4.43. The van der Waals surface area contributed by atoms with E-state index in [4.69, 9.17) is 0 Å². The molecule has 4 rings (SSSR count). The van der Waals surface area contributed by atoms with Gasteiger partial charge in [-0.15, -0.1) is 0 Å². The molecule has 0 aromatic heterocycles. The van der Waals surface area contributed by atoms with Crippen LogP contribution in [0.15, 0.2) is 23.8 Å². The van der Waals surface area contributed by atoms with E-state index >= 15 is 4.39 Å². The van der Waals surface area contributed by atoms with Gasteiger partial charge in [0.05, 0.1) is 12.2 Å². The molecule has 4 N–H and O–H groups in total. The van der Waals surface area contributed by atoms with Crippen molar-refractivity contribution >= 4 is 11.6 Å². The lowest BCUT2D eigenvalue weighted by Gasteiger charge is -2.59. The fourth-order valence-corrected chi connectivity index (χ4v) is 6.42. The molecular formula is C20H24F2O6. The molecule has 0 heterocycles. The maximum Gasteiger partial charge on any atom is 0.192 e.